The Kier molecular flexibility index (Phi) is 35.4. The smallest absolute Gasteiger partial charge is 0.462 e. The molecule has 4 N–H and O–H groups in total. The summed E-state index contributed by atoms with van der Waals surface area (Å²) in [5, 5.41) is 20.1. The molecular formula is C42H75O10P. The fourth-order valence-electron chi connectivity index (χ4n) is 5.65. The van der Waals surface area contributed by atoms with Crippen LogP contribution in [0.3, 0.4) is 0 Å². The predicted molar refractivity (Wildman–Crippen MR) is 214 cm³/mol. The summed E-state index contributed by atoms with van der Waals surface area (Å²) < 4.78 is 26.2. The average Bonchev–Trinajstić information content (AvgIpc) is 3.11. The maximum atomic E-state index is 12.4. The summed E-state index contributed by atoms with van der Waals surface area (Å²) in [6.07, 6.45) is 37.6. The van der Waals surface area contributed by atoms with E-state index in [0.717, 1.165) is 44.9 Å². The van der Waals surface area contributed by atoms with E-state index in [0.29, 0.717) is 25.7 Å². The van der Waals surface area contributed by atoms with E-state index in [1.807, 2.05) is 30.4 Å². The zero-order valence-electron chi connectivity index (χ0n) is 33.1. The van der Waals surface area contributed by atoms with Gasteiger partial charge in [0, 0.05) is 12.8 Å². The number of phosphoric acid groups is 1. The lowest BCUT2D eigenvalue weighted by atomic mass is 10.0. The Morgan fingerprint density at radius 1 is 0.566 bits per heavy atom. The quantitative estimate of drug-likeness (QED) is 0.0207. The van der Waals surface area contributed by atoms with Crippen LogP contribution in [0.1, 0.15) is 174 Å². The Labute approximate surface area is 321 Å². The van der Waals surface area contributed by atoms with Crippen LogP contribution in [-0.2, 0) is 28.2 Å². The average molecular weight is 771 g/mol. The van der Waals surface area contributed by atoms with Crippen molar-refractivity contribution in [3.8, 4) is 0 Å². The molecule has 0 radical (unpaired) electrons. The van der Waals surface area contributed by atoms with E-state index in [-0.39, 0.29) is 19.4 Å². The molecule has 0 amide bonds. The summed E-state index contributed by atoms with van der Waals surface area (Å²) in [5.74, 6) is -1.11. The molecule has 53 heavy (non-hydrogen) atoms. The molecule has 11 heteroatoms. The number of hydrogen-bond acceptors (Lipinski definition) is 8. The summed E-state index contributed by atoms with van der Waals surface area (Å²) >= 11 is 0. The molecule has 308 valence electrons. The van der Waals surface area contributed by atoms with Gasteiger partial charge < -0.3 is 29.5 Å². The number of unbranched alkanes of at least 4 members (excludes halogenated alkanes) is 17. The Balaban J connectivity index is 4.16. The van der Waals surface area contributed by atoms with E-state index in [2.05, 4.69) is 18.4 Å². The molecule has 0 rings (SSSR count). The van der Waals surface area contributed by atoms with E-state index in [4.69, 9.17) is 19.3 Å². The highest BCUT2D eigenvalue weighted by atomic mass is 31.2. The molecule has 0 bridgehead atoms. The highest BCUT2D eigenvalue weighted by Gasteiger charge is 2.23. The zero-order valence-corrected chi connectivity index (χ0v) is 34.0. The highest BCUT2D eigenvalue weighted by molar-refractivity contribution is 7.46. The maximum absolute atomic E-state index is 12.4. The summed E-state index contributed by atoms with van der Waals surface area (Å²) in [7, 11) is -4.82. The Hall–Kier alpha value is -2.07. The standard InChI is InChI=1S/C42H75O10P/c1-3-5-7-8-9-10-11-12-13-14-15-16-17-21-24-28-34-41(45)50-36-40(37-51-53(47,48)49)52-42(46)35-29-33-39(44)32-27-23-20-18-19-22-26-31-38(43)30-25-6-4-2/h19-20,22-23,26-27,31-32,38-40,43-44H,3-18,21,24-25,28-30,33-37H2,1-2H3,(H2,47,48,49)/b22-19-,23-20-,31-26+,32-27+/t38-,39-,40-/m1/s1. The number of esters is 2. The third kappa shape index (κ3) is 39.4. The van der Waals surface area contributed by atoms with Crippen molar-refractivity contribution in [1.29, 1.82) is 0 Å². The normalized spacial score (nSPS) is 14.2. The second-order valence-electron chi connectivity index (χ2n) is 14.0. The van der Waals surface area contributed by atoms with Crippen molar-refractivity contribution in [2.24, 2.45) is 0 Å². The predicted octanol–water partition coefficient (Wildman–Crippen LogP) is 10.3. The summed E-state index contributed by atoms with van der Waals surface area (Å²) in [5.41, 5.74) is 0. The van der Waals surface area contributed by atoms with Gasteiger partial charge in [0.15, 0.2) is 6.10 Å². The lowest BCUT2D eigenvalue weighted by Gasteiger charge is -2.18. The third-order valence-corrected chi connectivity index (χ3v) is 9.29. The zero-order chi connectivity index (χ0) is 39.3. The minimum absolute atomic E-state index is 0.0358. The van der Waals surface area contributed by atoms with E-state index in [1.54, 1.807) is 18.2 Å². The first kappa shape index (κ1) is 50.9. The molecule has 0 unspecified atom stereocenters. The Morgan fingerprint density at radius 3 is 1.49 bits per heavy atom. The molecular weight excluding hydrogens is 695 g/mol. The Bertz CT molecular complexity index is 1030. The second kappa shape index (κ2) is 36.9. The number of phosphoric ester groups is 1. The van der Waals surface area contributed by atoms with Crippen molar-refractivity contribution >= 4 is 19.8 Å². The molecule has 3 atom stereocenters. The van der Waals surface area contributed by atoms with Crippen molar-refractivity contribution in [2.75, 3.05) is 13.2 Å². The monoisotopic (exact) mass is 771 g/mol. The van der Waals surface area contributed by atoms with Crippen LogP contribution in [0.25, 0.3) is 0 Å². The van der Waals surface area contributed by atoms with Gasteiger partial charge >= 0.3 is 19.8 Å². The molecule has 0 saturated heterocycles. The van der Waals surface area contributed by atoms with E-state index in [9.17, 15) is 24.4 Å². The van der Waals surface area contributed by atoms with Gasteiger partial charge in [-0.05, 0) is 32.1 Å². The van der Waals surface area contributed by atoms with Crippen LogP contribution in [0.15, 0.2) is 48.6 Å². The summed E-state index contributed by atoms with van der Waals surface area (Å²) in [4.78, 5) is 42.8. The van der Waals surface area contributed by atoms with Crippen LogP contribution in [0.4, 0.5) is 0 Å². The van der Waals surface area contributed by atoms with Gasteiger partial charge in [-0.1, -0.05) is 178 Å². The van der Waals surface area contributed by atoms with Gasteiger partial charge in [-0.25, -0.2) is 4.57 Å². The van der Waals surface area contributed by atoms with Crippen molar-refractivity contribution in [3.63, 3.8) is 0 Å². The van der Waals surface area contributed by atoms with E-state index >= 15 is 0 Å². The molecule has 0 heterocycles. The van der Waals surface area contributed by atoms with Gasteiger partial charge in [-0.3, -0.25) is 14.1 Å². The van der Waals surface area contributed by atoms with Gasteiger partial charge in [0.05, 0.1) is 18.8 Å². The molecule has 0 fully saturated rings. The number of aliphatic hydroxyl groups excluding tert-OH is 2. The second-order valence-corrected chi connectivity index (χ2v) is 15.3. The molecule has 0 aliphatic heterocycles. The van der Waals surface area contributed by atoms with Crippen molar-refractivity contribution in [2.45, 2.75) is 193 Å². The van der Waals surface area contributed by atoms with Crippen LogP contribution >= 0.6 is 7.82 Å². The van der Waals surface area contributed by atoms with E-state index < -0.39 is 44.7 Å². The van der Waals surface area contributed by atoms with Gasteiger partial charge in [0.1, 0.15) is 6.61 Å². The van der Waals surface area contributed by atoms with Crippen LogP contribution < -0.4 is 0 Å². The SMILES string of the molecule is CCCCCCCCCCCCCCCCCCC(=O)OC[C@H](COP(=O)(O)O)OC(=O)CCC[C@H](O)/C=C/C=C\C/C=C\C=C\[C@H](O)CCCCC. The molecule has 0 aromatic carbocycles. The van der Waals surface area contributed by atoms with Crippen molar-refractivity contribution in [3.05, 3.63) is 48.6 Å². The molecule has 0 spiro atoms. The number of carbonyl (C=O) groups excluding carboxylic acids is 2. The van der Waals surface area contributed by atoms with Gasteiger partial charge in [-0.15, -0.1) is 0 Å². The first-order valence-corrected chi connectivity index (χ1v) is 22.2. The topological polar surface area (TPSA) is 160 Å². The lowest BCUT2D eigenvalue weighted by molar-refractivity contribution is -0.161. The fourth-order valence-corrected chi connectivity index (χ4v) is 6.01. The number of hydrogen-bond donors (Lipinski definition) is 4. The largest absolute Gasteiger partial charge is 0.469 e. The number of carbonyl (C=O) groups is 2. The first-order chi connectivity index (χ1) is 25.6. The molecule has 0 aliphatic carbocycles. The number of rotatable bonds is 37. The maximum Gasteiger partial charge on any atom is 0.469 e. The summed E-state index contributed by atoms with van der Waals surface area (Å²) in [6, 6.07) is 0. The van der Waals surface area contributed by atoms with Gasteiger partial charge in [0.25, 0.3) is 0 Å². The molecule has 0 aromatic heterocycles. The minimum atomic E-state index is -4.82. The molecule has 10 nitrogen and oxygen atoms in total. The minimum Gasteiger partial charge on any atom is -0.462 e. The third-order valence-electron chi connectivity index (χ3n) is 8.81. The molecule has 0 aromatic rings. The Morgan fingerprint density at radius 2 is 1.00 bits per heavy atom. The van der Waals surface area contributed by atoms with Crippen LogP contribution in [-0.4, -0.2) is 63.5 Å². The fraction of sp³-hybridized carbons (Fsp3) is 0.762. The lowest BCUT2D eigenvalue weighted by Crippen LogP contribution is -2.29. The van der Waals surface area contributed by atoms with Crippen LogP contribution in [0.5, 0.6) is 0 Å². The van der Waals surface area contributed by atoms with Gasteiger partial charge in [-0.2, -0.15) is 0 Å². The number of ether oxygens (including phenoxy) is 2. The van der Waals surface area contributed by atoms with Crippen molar-refractivity contribution < 1.29 is 48.2 Å². The van der Waals surface area contributed by atoms with Crippen LogP contribution in [0, 0.1) is 0 Å². The number of aliphatic hydroxyl groups is 2. The highest BCUT2D eigenvalue weighted by Crippen LogP contribution is 2.36. The van der Waals surface area contributed by atoms with E-state index in [1.165, 1.54) is 77.0 Å². The van der Waals surface area contributed by atoms with Crippen molar-refractivity contribution in [1.82, 2.24) is 0 Å². The molecule has 0 aliphatic rings. The number of allylic oxidation sites excluding steroid dienone is 6. The summed E-state index contributed by atoms with van der Waals surface area (Å²) in [6.45, 7) is 3.40. The van der Waals surface area contributed by atoms with Crippen LogP contribution in [0.2, 0.25) is 0 Å². The molecule has 0 saturated carbocycles. The van der Waals surface area contributed by atoms with Gasteiger partial charge in [0.2, 0.25) is 0 Å². The first-order valence-electron chi connectivity index (χ1n) is 20.6.